The molecule has 2 heterocycles. The molecule has 0 spiro atoms. The Morgan fingerprint density at radius 3 is 3.05 bits per heavy atom. The molecule has 1 fully saturated rings. The van der Waals surface area contributed by atoms with Crippen molar-refractivity contribution in [1.29, 1.82) is 0 Å². The molecule has 106 valence electrons. The van der Waals surface area contributed by atoms with Gasteiger partial charge < -0.3 is 15.5 Å². The van der Waals surface area contributed by atoms with Crippen LogP contribution in [0.2, 0.25) is 0 Å². The lowest BCUT2D eigenvalue weighted by Gasteiger charge is -2.35. The second-order valence-corrected chi connectivity index (χ2v) is 5.39. The standard InChI is InChI=1S/C14H25N5/c1-4-7-15-14-16-8-5-13(18-14)17-12-6-9-19(3)11(2)10-12/h5,8,11-12H,4,6-7,9-10H2,1-3H3,(H2,15,16,17,18). The third-order valence-electron chi connectivity index (χ3n) is 3.75. The van der Waals surface area contributed by atoms with Gasteiger partial charge in [-0.25, -0.2) is 4.98 Å². The van der Waals surface area contributed by atoms with E-state index in [-0.39, 0.29) is 0 Å². The first-order chi connectivity index (χ1) is 9.19. The molecular weight excluding hydrogens is 238 g/mol. The molecule has 1 aliphatic heterocycles. The number of anilines is 2. The van der Waals surface area contributed by atoms with E-state index < -0.39 is 0 Å². The Hall–Kier alpha value is -1.36. The number of aromatic nitrogens is 2. The first-order valence-electron chi connectivity index (χ1n) is 7.22. The number of hydrogen-bond donors (Lipinski definition) is 2. The molecule has 0 aromatic carbocycles. The maximum atomic E-state index is 4.50. The van der Waals surface area contributed by atoms with Crippen LogP contribution in [0.25, 0.3) is 0 Å². The molecule has 2 N–H and O–H groups in total. The molecule has 0 saturated carbocycles. The van der Waals surface area contributed by atoms with Crippen LogP contribution in [0.3, 0.4) is 0 Å². The summed E-state index contributed by atoms with van der Waals surface area (Å²) in [4.78, 5) is 11.1. The van der Waals surface area contributed by atoms with Crippen molar-refractivity contribution in [2.24, 2.45) is 0 Å². The summed E-state index contributed by atoms with van der Waals surface area (Å²) in [6.07, 6.45) is 5.22. The molecule has 0 radical (unpaired) electrons. The lowest BCUT2D eigenvalue weighted by Crippen LogP contribution is -2.42. The third kappa shape index (κ3) is 4.06. The van der Waals surface area contributed by atoms with E-state index >= 15 is 0 Å². The summed E-state index contributed by atoms with van der Waals surface area (Å²) in [5.41, 5.74) is 0. The second-order valence-electron chi connectivity index (χ2n) is 5.39. The van der Waals surface area contributed by atoms with Crippen molar-refractivity contribution in [3.05, 3.63) is 12.3 Å². The molecule has 1 aliphatic rings. The van der Waals surface area contributed by atoms with Crippen LogP contribution in [-0.2, 0) is 0 Å². The van der Waals surface area contributed by atoms with Gasteiger partial charge >= 0.3 is 0 Å². The predicted molar refractivity (Wildman–Crippen MR) is 79.5 cm³/mol. The van der Waals surface area contributed by atoms with E-state index in [1.165, 1.54) is 6.42 Å². The molecule has 2 atom stereocenters. The van der Waals surface area contributed by atoms with Crippen LogP contribution in [0.5, 0.6) is 0 Å². The van der Waals surface area contributed by atoms with Gasteiger partial charge in [-0.15, -0.1) is 0 Å². The Labute approximate surface area is 115 Å². The number of nitrogens with one attached hydrogen (secondary N) is 2. The van der Waals surface area contributed by atoms with Crippen LogP contribution in [0.4, 0.5) is 11.8 Å². The summed E-state index contributed by atoms with van der Waals surface area (Å²) in [7, 11) is 2.19. The van der Waals surface area contributed by atoms with Gasteiger partial charge in [-0.3, -0.25) is 0 Å². The third-order valence-corrected chi connectivity index (χ3v) is 3.75. The zero-order valence-electron chi connectivity index (χ0n) is 12.2. The van der Waals surface area contributed by atoms with E-state index in [4.69, 9.17) is 0 Å². The maximum absolute atomic E-state index is 4.50. The molecule has 19 heavy (non-hydrogen) atoms. The van der Waals surface area contributed by atoms with Crippen LogP contribution in [0, 0.1) is 0 Å². The van der Waals surface area contributed by atoms with Crippen molar-refractivity contribution >= 4 is 11.8 Å². The largest absolute Gasteiger partial charge is 0.367 e. The predicted octanol–water partition coefficient (Wildman–Crippen LogP) is 2.19. The zero-order chi connectivity index (χ0) is 13.7. The lowest BCUT2D eigenvalue weighted by atomic mass is 9.99. The van der Waals surface area contributed by atoms with Crippen molar-refractivity contribution < 1.29 is 0 Å². The molecule has 1 aromatic rings. The van der Waals surface area contributed by atoms with Crippen molar-refractivity contribution in [3.8, 4) is 0 Å². The molecular formula is C14H25N5. The quantitative estimate of drug-likeness (QED) is 0.853. The van der Waals surface area contributed by atoms with E-state index in [9.17, 15) is 0 Å². The summed E-state index contributed by atoms with van der Waals surface area (Å²) in [5, 5.41) is 6.75. The molecule has 0 aliphatic carbocycles. The van der Waals surface area contributed by atoms with Crippen molar-refractivity contribution in [2.75, 3.05) is 30.8 Å². The van der Waals surface area contributed by atoms with Gasteiger partial charge in [0.1, 0.15) is 5.82 Å². The Kier molecular flexibility index (Phi) is 4.96. The highest BCUT2D eigenvalue weighted by Crippen LogP contribution is 2.19. The zero-order valence-corrected chi connectivity index (χ0v) is 12.2. The second kappa shape index (κ2) is 6.70. The number of hydrogen-bond acceptors (Lipinski definition) is 5. The summed E-state index contributed by atoms with van der Waals surface area (Å²) < 4.78 is 0. The van der Waals surface area contributed by atoms with Gasteiger partial charge in [-0.1, -0.05) is 6.92 Å². The first kappa shape index (κ1) is 14.1. The van der Waals surface area contributed by atoms with E-state index in [2.05, 4.69) is 46.4 Å². The molecule has 5 heteroatoms. The fourth-order valence-electron chi connectivity index (χ4n) is 2.39. The van der Waals surface area contributed by atoms with Crippen LogP contribution in [-0.4, -0.2) is 47.1 Å². The van der Waals surface area contributed by atoms with Gasteiger partial charge in [0.25, 0.3) is 0 Å². The minimum Gasteiger partial charge on any atom is -0.367 e. The highest BCUT2D eigenvalue weighted by molar-refractivity contribution is 5.40. The lowest BCUT2D eigenvalue weighted by molar-refractivity contribution is 0.190. The monoisotopic (exact) mass is 263 g/mol. The van der Waals surface area contributed by atoms with Crippen molar-refractivity contribution in [3.63, 3.8) is 0 Å². The minimum absolute atomic E-state index is 0.514. The summed E-state index contributed by atoms with van der Waals surface area (Å²) in [6, 6.07) is 3.09. The van der Waals surface area contributed by atoms with Gasteiger partial charge in [-0.2, -0.15) is 4.98 Å². The van der Waals surface area contributed by atoms with Gasteiger partial charge in [0.15, 0.2) is 0 Å². The van der Waals surface area contributed by atoms with E-state index in [0.717, 1.165) is 31.7 Å². The van der Waals surface area contributed by atoms with Crippen LogP contribution in [0.1, 0.15) is 33.1 Å². The van der Waals surface area contributed by atoms with Crippen LogP contribution in [0.15, 0.2) is 12.3 Å². The van der Waals surface area contributed by atoms with Crippen LogP contribution < -0.4 is 10.6 Å². The highest BCUT2D eigenvalue weighted by Gasteiger charge is 2.22. The SMILES string of the molecule is CCCNc1nccc(NC2CCN(C)C(C)C2)n1. The Morgan fingerprint density at radius 1 is 1.47 bits per heavy atom. The summed E-state index contributed by atoms with van der Waals surface area (Å²) >= 11 is 0. The summed E-state index contributed by atoms with van der Waals surface area (Å²) in [6.45, 7) is 6.47. The molecule has 2 rings (SSSR count). The maximum Gasteiger partial charge on any atom is 0.224 e. The molecule has 0 amide bonds. The Balaban J connectivity index is 1.91. The topological polar surface area (TPSA) is 53.1 Å². The smallest absolute Gasteiger partial charge is 0.224 e. The Bertz CT molecular complexity index is 395. The van der Waals surface area contributed by atoms with E-state index in [1.807, 2.05) is 12.3 Å². The molecule has 1 aromatic heterocycles. The van der Waals surface area contributed by atoms with Gasteiger partial charge in [0.2, 0.25) is 5.95 Å². The van der Waals surface area contributed by atoms with Crippen molar-refractivity contribution in [2.45, 2.75) is 45.2 Å². The normalized spacial score (nSPS) is 24.2. The van der Waals surface area contributed by atoms with Gasteiger partial charge in [0, 0.05) is 31.4 Å². The highest BCUT2D eigenvalue weighted by atomic mass is 15.2. The van der Waals surface area contributed by atoms with E-state index in [0.29, 0.717) is 18.0 Å². The average Bonchev–Trinajstić information content (AvgIpc) is 2.41. The molecule has 5 nitrogen and oxygen atoms in total. The van der Waals surface area contributed by atoms with Gasteiger partial charge in [-0.05, 0) is 39.3 Å². The number of nitrogens with zero attached hydrogens (tertiary/aromatic N) is 3. The number of rotatable bonds is 5. The fourth-order valence-corrected chi connectivity index (χ4v) is 2.39. The Morgan fingerprint density at radius 2 is 2.32 bits per heavy atom. The first-order valence-corrected chi connectivity index (χ1v) is 7.22. The number of piperidine rings is 1. The van der Waals surface area contributed by atoms with Crippen molar-refractivity contribution in [1.82, 2.24) is 14.9 Å². The van der Waals surface area contributed by atoms with E-state index in [1.54, 1.807) is 0 Å². The van der Waals surface area contributed by atoms with Gasteiger partial charge in [0.05, 0.1) is 0 Å². The molecule has 2 unspecified atom stereocenters. The molecule has 1 saturated heterocycles. The minimum atomic E-state index is 0.514. The molecule has 0 bridgehead atoms. The average molecular weight is 263 g/mol. The summed E-state index contributed by atoms with van der Waals surface area (Å²) in [5.74, 6) is 1.64. The number of likely N-dealkylation sites (tertiary alicyclic amines) is 1. The van der Waals surface area contributed by atoms with Crippen LogP contribution >= 0.6 is 0 Å². The fraction of sp³-hybridized carbons (Fsp3) is 0.714.